The summed E-state index contributed by atoms with van der Waals surface area (Å²) in [5, 5.41) is 16.0. The van der Waals surface area contributed by atoms with E-state index >= 15 is 0 Å². The number of hydrogen-bond donors (Lipinski definition) is 4. The highest BCUT2D eigenvalue weighted by Crippen LogP contribution is 2.35. The van der Waals surface area contributed by atoms with E-state index in [0.29, 0.717) is 53.0 Å². The van der Waals surface area contributed by atoms with Gasteiger partial charge in [0.05, 0.1) is 12.8 Å². The van der Waals surface area contributed by atoms with E-state index in [1.165, 1.54) is 25.7 Å². The van der Waals surface area contributed by atoms with Crippen LogP contribution in [-0.2, 0) is 48.6 Å². The summed E-state index contributed by atoms with van der Waals surface area (Å²) < 4.78 is 0. The summed E-state index contributed by atoms with van der Waals surface area (Å²) >= 11 is 25.8. The van der Waals surface area contributed by atoms with E-state index in [-0.39, 0.29) is 18.2 Å². The number of amides is 2. The van der Waals surface area contributed by atoms with E-state index in [9.17, 15) is 9.59 Å². The van der Waals surface area contributed by atoms with Crippen molar-refractivity contribution in [2.24, 2.45) is 11.8 Å². The van der Waals surface area contributed by atoms with E-state index in [0.717, 1.165) is 69.2 Å². The monoisotopic (exact) mass is 828 g/mol. The Hall–Kier alpha value is -3.88. The van der Waals surface area contributed by atoms with Gasteiger partial charge in [-0.3, -0.25) is 9.59 Å². The highest BCUT2D eigenvalue weighted by molar-refractivity contribution is 6.34. The summed E-state index contributed by atoms with van der Waals surface area (Å²) in [5.74, 6) is 1.17. The minimum atomic E-state index is -0.0871. The number of rotatable bonds is 17. The van der Waals surface area contributed by atoms with Gasteiger partial charge in [0.25, 0.3) is 0 Å². The maximum absolute atomic E-state index is 13.0. The highest BCUT2D eigenvalue weighted by atomic mass is 35.5. The van der Waals surface area contributed by atoms with Crippen LogP contribution in [0.1, 0.15) is 59.1 Å². The molecule has 1 saturated carbocycles. The molecule has 0 saturated heterocycles. The van der Waals surface area contributed by atoms with Gasteiger partial charge >= 0.3 is 0 Å². The Morgan fingerprint density at radius 3 is 1.66 bits per heavy atom. The van der Waals surface area contributed by atoms with Gasteiger partial charge in [-0.15, -0.1) is 0 Å². The van der Waals surface area contributed by atoms with Crippen molar-refractivity contribution in [2.45, 2.75) is 64.7 Å². The molecule has 5 aromatic carbocycles. The maximum Gasteiger partial charge on any atom is 0.224 e. The predicted octanol–water partition coefficient (Wildman–Crippen LogP) is 10.4. The van der Waals surface area contributed by atoms with Crippen LogP contribution in [0.4, 0.5) is 0 Å². The van der Waals surface area contributed by atoms with Crippen molar-refractivity contribution in [3.05, 3.63) is 163 Å². The van der Waals surface area contributed by atoms with Crippen LogP contribution in [0.5, 0.6) is 0 Å². The fourth-order valence-electron chi connectivity index (χ4n) is 7.25. The summed E-state index contributed by atoms with van der Waals surface area (Å²) in [6.07, 6.45) is 5.35. The van der Waals surface area contributed by atoms with Crippen molar-refractivity contribution in [2.75, 3.05) is 13.1 Å². The number of carbonyl (C=O) groups is 2. The van der Waals surface area contributed by atoms with Crippen LogP contribution in [0, 0.1) is 11.8 Å². The van der Waals surface area contributed by atoms with Crippen molar-refractivity contribution >= 4 is 58.2 Å². The Kier molecular flexibility index (Phi) is 15.7. The summed E-state index contributed by atoms with van der Waals surface area (Å²) in [4.78, 5) is 25.4. The fraction of sp³-hybridized carbons (Fsp3) is 0.304. The predicted molar refractivity (Wildman–Crippen MR) is 231 cm³/mol. The lowest BCUT2D eigenvalue weighted by atomic mass is 9.82. The van der Waals surface area contributed by atoms with Crippen molar-refractivity contribution in [1.29, 1.82) is 0 Å². The molecule has 1 aliphatic rings. The van der Waals surface area contributed by atoms with Gasteiger partial charge in [-0.25, -0.2) is 0 Å². The molecule has 0 heterocycles. The maximum atomic E-state index is 13.0. The third kappa shape index (κ3) is 12.6. The van der Waals surface area contributed by atoms with Gasteiger partial charge in [-0.05, 0) is 126 Å². The molecule has 10 heteroatoms. The Morgan fingerprint density at radius 1 is 0.500 bits per heavy atom. The van der Waals surface area contributed by atoms with Crippen molar-refractivity contribution in [3.63, 3.8) is 0 Å². The number of nitrogens with one attached hydrogen (secondary N) is 4. The largest absolute Gasteiger partial charge is 0.352 e. The second-order valence-corrected chi connectivity index (χ2v) is 16.3. The molecule has 0 unspecified atom stereocenters. The SMILES string of the molecule is O=C(Cc1ccc(Cl)cc1)NCc1ccc(CNC(=O)Cc2ccc(Cl)c(-c3cccc(Cl)c3CNCC3CCC(CNCc4ccccc4Cl)CC3)c2)cc1. The molecule has 0 aromatic heterocycles. The molecule has 56 heavy (non-hydrogen) atoms. The van der Waals surface area contributed by atoms with Gasteiger partial charge in [-0.1, -0.05) is 119 Å². The van der Waals surface area contributed by atoms with E-state index in [4.69, 9.17) is 46.4 Å². The molecule has 6 rings (SSSR count). The minimum absolute atomic E-state index is 0.0587. The Labute approximate surface area is 350 Å². The standard InChI is InChI=1S/C46H48Cl4N4O2/c47-38-19-16-31(17-20-38)23-45(55)53-27-34-12-14-35(15-13-34)28-54-46(56)24-36-18-21-44(50)40(22-36)39-5-3-7-43(49)41(39)30-52-26-33-10-8-32(9-11-33)25-51-29-37-4-1-2-6-42(37)48/h1-7,12-22,32-33,51-52H,8-11,23-30H2,(H,53,55)(H,54,56). The van der Waals surface area contributed by atoms with Crippen molar-refractivity contribution in [1.82, 2.24) is 21.3 Å². The van der Waals surface area contributed by atoms with E-state index in [1.807, 2.05) is 91.0 Å². The molecule has 0 aliphatic heterocycles. The van der Waals surface area contributed by atoms with Crippen LogP contribution in [0.2, 0.25) is 20.1 Å². The van der Waals surface area contributed by atoms with Gasteiger partial charge in [0.2, 0.25) is 11.8 Å². The Balaban J connectivity index is 0.946. The van der Waals surface area contributed by atoms with Crippen molar-refractivity contribution < 1.29 is 9.59 Å². The molecule has 2 amide bonds. The molecule has 292 valence electrons. The average molecular weight is 831 g/mol. The van der Waals surface area contributed by atoms with Crippen molar-refractivity contribution in [3.8, 4) is 11.1 Å². The third-order valence-corrected chi connectivity index (χ3v) is 11.8. The first kappa shape index (κ1) is 41.7. The second-order valence-electron chi connectivity index (χ2n) is 14.7. The van der Waals surface area contributed by atoms with Gasteiger partial charge in [-0.2, -0.15) is 0 Å². The van der Waals surface area contributed by atoms with Crippen LogP contribution < -0.4 is 21.3 Å². The molecule has 0 bridgehead atoms. The zero-order valence-corrected chi connectivity index (χ0v) is 34.4. The molecule has 4 N–H and O–H groups in total. The lowest BCUT2D eigenvalue weighted by Crippen LogP contribution is -2.30. The molecular weight excluding hydrogens is 782 g/mol. The van der Waals surface area contributed by atoms with Crippen LogP contribution in [-0.4, -0.2) is 24.9 Å². The van der Waals surface area contributed by atoms with Crippen LogP contribution >= 0.6 is 46.4 Å². The molecule has 0 radical (unpaired) electrons. The lowest BCUT2D eigenvalue weighted by Gasteiger charge is -2.29. The fourth-order valence-corrected chi connectivity index (χ4v) is 8.04. The van der Waals surface area contributed by atoms with E-state index in [2.05, 4.69) is 27.3 Å². The van der Waals surface area contributed by atoms with Gasteiger partial charge in [0, 0.05) is 51.8 Å². The normalized spacial score (nSPS) is 15.4. The summed E-state index contributed by atoms with van der Waals surface area (Å²) in [6, 6.07) is 34.8. The van der Waals surface area contributed by atoms with Crippen LogP contribution in [0.15, 0.2) is 109 Å². The number of hydrogen-bond acceptors (Lipinski definition) is 4. The minimum Gasteiger partial charge on any atom is -0.352 e. The summed E-state index contributed by atoms with van der Waals surface area (Å²) in [6.45, 7) is 4.20. The second kappa shape index (κ2) is 21.0. The number of halogens is 4. The smallest absolute Gasteiger partial charge is 0.224 e. The zero-order chi connectivity index (χ0) is 39.3. The molecule has 1 aliphatic carbocycles. The van der Waals surface area contributed by atoms with E-state index < -0.39 is 0 Å². The van der Waals surface area contributed by atoms with Crippen LogP contribution in [0.3, 0.4) is 0 Å². The number of carbonyl (C=O) groups excluding carboxylic acids is 2. The molecule has 1 fully saturated rings. The van der Waals surface area contributed by atoms with Gasteiger partial charge < -0.3 is 21.3 Å². The average Bonchev–Trinajstić information content (AvgIpc) is 3.20. The quantitative estimate of drug-likeness (QED) is 0.0753. The zero-order valence-electron chi connectivity index (χ0n) is 31.4. The molecular formula is C46H48Cl4N4O2. The van der Waals surface area contributed by atoms with Gasteiger partial charge in [0.1, 0.15) is 0 Å². The molecule has 6 nitrogen and oxygen atoms in total. The molecule has 5 aromatic rings. The first-order valence-corrected chi connectivity index (χ1v) is 20.8. The third-order valence-electron chi connectivity index (χ3n) is 10.5. The molecule has 0 spiro atoms. The Bertz CT molecular complexity index is 2070. The van der Waals surface area contributed by atoms with Crippen LogP contribution in [0.25, 0.3) is 11.1 Å². The lowest BCUT2D eigenvalue weighted by molar-refractivity contribution is -0.121. The highest BCUT2D eigenvalue weighted by Gasteiger charge is 2.21. The van der Waals surface area contributed by atoms with E-state index in [1.54, 1.807) is 12.1 Å². The number of benzene rings is 5. The first-order chi connectivity index (χ1) is 27.2. The van der Waals surface area contributed by atoms with Gasteiger partial charge in [0.15, 0.2) is 0 Å². The summed E-state index contributed by atoms with van der Waals surface area (Å²) in [5.41, 5.74) is 7.69. The Morgan fingerprint density at radius 2 is 1.04 bits per heavy atom. The molecule has 0 atom stereocenters. The topological polar surface area (TPSA) is 82.3 Å². The first-order valence-electron chi connectivity index (χ1n) is 19.3. The summed E-state index contributed by atoms with van der Waals surface area (Å²) in [7, 11) is 0.